The topological polar surface area (TPSA) is 25.2 Å². The third-order valence-electron chi connectivity index (χ3n) is 3.61. The van der Waals surface area contributed by atoms with Gasteiger partial charge in [0.2, 0.25) is 0 Å². The lowest BCUT2D eigenvalue weighted by atomic mass is 10.1. The van der Waals surface area contributed by atoms with Gasteiger partial charge in [0.1, 0.15) is 11.5 Å². The lowest BCUT2D eigenvalue weighted by molar-refractivity contribution is 0.398. The molecule has 2 nitrogen and oxygen atoms in total. The zero-order valence-corrected chi connectivity index (χ0v) is 11.5. The smallest absolute Gasteiger partial charge is 0.117 e. The van der Waals surface area contributed by atoms with Crippen molar-refractivity contribution < 1.29 is 4.42 Å². The van der Waals surface area contributed by atoms with Crippen LogP contribution in [-0.2, 0) is 6.54 Å². The molecule has 1 aromatic heterocycles. The third kappa shape index (κ3) is 3.60. The summed E-state index contributed by atoms with van der Waals surface area (Å²) >= 11 is 0. The van der Waals surface area contributed by atoms with Crippen molar-refractivity contribution in [1.82, 2.24) is 5.32 Å². The van der Waals surface area contributed by atoms with E-state index in [0.717, 1.165) is 24.1 Å². The van der Waals surface area contributed by atoms with E-state index in [1.54, 1.807) is 0 Å². The van der Waals surface area contributed by atoms with Crippen LogP contribution in [0.1, 0.15) is 58.0 Å². The molecule has 2 rings (SSSR count). The fourth-order valence-electron chi connectivity index (χ4n) is 2.47. The number of rotatable bonds is 6. The summed E-state index contributed by atoms with van der Waals surface area (Å²) in [6.45, 7) is 9.91. The molecule has 1 fully saturated rings. The van der Waals surface area contributed by atoms with Gasteiger partial charge in [0.05, 0.1) is 6.54 Å². The monoisotopic (exact) mass is 235 g/mol. The molecule has 3 unspecified atom stereocenters. The molecule has 1 aliphatic carbocycles. The second kappa shape index (κ2) is 5.26. The Labute approximate surface area is 105 Å². The van der Waals surface area contributed by atoms with Crippen molar-refractivity contribution in [3.63, 3.8) is 0 Å². The van der Waals surface area contributed by atoms with Crippen LogP contribution in [0.3, 0.4) is 0 Å². The van der Waals surface area contributed by atoms with E-state index in [-0.39, 0.29) is 0 Å². The van der Waals surface area contributed by atoms with E-state index in [1.807, 2.05) is 0 Å². The van der Waals surface area contributed by atoms with Crippen LogP contribution in [0.2, 0.25) is 0 Å². The molecule has 0 spiro atoms. The lowest BCUT2D eigenvalue weighted by Crippen LogP contribution is -2.26. The maximum Gasteiger partial charge on any atom is 0.117 e. The predicted molar refractivity (Wildman–Crippen MR) is 71.0 cm³/mol. The number of hydrogen-bond acceptors (Lipinski definition) is 2. The molecule has 0 saturated heterocycles. The van der Waals surface area contributed by atoms with E-state index in [4.69, 9.17) is 4.42 Å². The average Bonchev–Trinajstić information content (AvgIpc) is 2.78. The fourth-order valence-corrected chi connectivity index (χ4v) is 2.47. The first-order chi connectivity index (χ1) is 8.06. The van der Waals surface area contributed by atoms with E-state index in [0.29, 0.717) is 12.0 Å². The summed E-state index contributed by atoms with van der Waals surface area (Å²) < 4.78 is 5.87. The van der Waals surface area contributed by atoms with Gasteiger partial charge in [0.15, 0.2) is 0 Å². The summed E-state index contributed by atoms with van der Waals surface area (Å²) in [7, 11) is 0. The highest BCUT2D eigenvalue weighted by Crippen LogP contribution is 2.47. The van der Waals surface area contributed by atoms with Crippen LogP contribution >= 0.6 is 0 Å². The minimum absolute atomic E-state index is 0.559. The summed E-state index contributed by atoms with van der Waals surface area (Å²) in [6.07, 6.45) is 2.51. The van der Waals surface area contributed by atoms with Gasteiger partial charge in [-0.05, 0) is 43.7 Å². The highest BCUT2D eigenvalue weighted by molar-refractivity contribution is 5.17. The summed E-state index contributed by atoms with van der Waals surface area (Å²) in [5, 5.41) is 3.52. The van der Waals surface area contributed by atoms with Gasteiger partial charge in [-0.2, -0.15) is 0 Å². The highest BCUT2D eigenvalue weighted by atomic mass is 16.3. The highest BCUT2D eigenvalue weighted by Gasteiger charge is 2.36. The Bertz CT molecular complexity index is 356. The van der Waals surface area contributed by atoms with Crippen LogP contribution in [0.15, 0.2) is 16.5 Å². The van der Waals surface area contributed by atoms with E-state index in [1.165, 1.54) is 18.6 Å². The molecule has 1 saturated carbocycles. The number of hydrogen-bond donors (Lipinski definition) is 1. The van der Waals surface area contributed by atoms with Gasteiger partial charge in [-0.1, -0.05) is 20.8 Å². The number of nitrogens with one attached hydrogen (secondary N) is 1. The summed E-state index contributed by atoms with van der Waals surface area (Å²) in [6, 6.07) is 4.83. The molecular weight excluding hydrogens is 210 g/mol. The Kier molecular flexibility index (Phi) is 3.93. The number of furan rings is 1. The van der Waals surface area contributed by atoms with Crippen LogP contribution in [0, 0.1) is 11.8 Å². The van der Waals surface area contributed by atoms with Gasteiger partial charge in [0, 0.05) is 12.0 Å². The molecule has 2 heteroatoms. The Balaban J connectivity index is 1.77. The van der Waals surface area contributed by atoms with Crippen molar-refractivity contribution in [3.8, 4) is 0 Å². The van der Waals surface area contributed by atoms with Gasteiger partial charge >= 0.3 is 0 Å². The largest absolute Gasteiger partial charge is 0.464 e. The minimum Gasteiger partial charge on any atom is -0.464 e. The molecule has 0 radical (unpaired) electrons. The van der Waals surface area contributed by atoms with Gasteiger partial charge in [-0.15, -0.1) is 0 Å². The molecule has 96 valence electrons. The van der Waals surface area contributed by atoms with Crippen molar-refractivity contribution in [2.45, 2.75) is 59.0 Å². The molecule has 0 bridgehead atoms. The second-order valence-corrected chi connectivity index (χ2v) is 6.04. The van der Waals surface area contributed by atoms with E-state index < -0.39 is 0 Å². The fraction of sp³-hybridized carbons (Fsp3) is 0.733. The first-order valence-corrected chi connectivity index (χ1v) is 6.88. The normalized spacial score (nSPS) is 25.2. The van der Waals surface area contributed by atoms with Gasteiger partial charge in [-0.3, -0.25) is 0 Å². The summed E-state index contributed by atoms with van der Waals surface area (Å²) in [4.78, 5) is 0. The SMILES string of the molecule is CC(C)CC(C)NCc1ccc(C2CC2C)o1. The van der Waals surface area contributed by atoms with Crippen molar-refractivity contribution in [2.75, 3.05) is 0 Å². The molecule has 1 heterocycles. The first kappa shape index (κ1) is 12.7. The third-order valence-corrected chi connectivity index (χ3v) is 3.61. The average molecular weight is 235 g/mol. The van der Waals surface area contributed by atoms with E-state index >= 15 is 0 Å². The molecule has 3 atom stereocenters. The summed E-state index contributed by atoms with van der Waals surface area (Å²) in [5.41, 5.74) is 0. The van der Waals surface area contributed by atoms with Crippen LogP contribution < -0.4 is 5.32 Å². The van der Waals surface area contributed by atoms with Crippen LogP contribution in [-0.4, -0.2) is 6.04 Å². The molecule has 0 amide bonds. The molecule has 17 heavy (non-hydrogen) atoms. The molecule has 1 N–H and O–H groups in total. The molecule has 1 aliphatic rings. The van der Waals surface area contributed by atoms with Crippen LogP contribution in [0.5, 0.6) is 0 Å². The predicted octanol–water partition coefficient (Wildman–Crippen LogP) is 3.93. The summed E-state index contributed by atoms with van der Waals surface area (Å²) in [5.74, 6) is 4.52. The van der Waals surface area contributed by atoms with Crippen LogP contribution in [0.4, 0.5) is 0 Å². The van der Waals surface area contributed by atoms with Gasteiger partial charge < -0.3 is 9.73 Å². The van der Waals surface area contributed by atoms with E-state index in [2.05, 4.69) is 45.1 Å². The van der Waals surface area contributed by atoms with Crippen molar-refractivity contribution >= 4 is 0 Å². The Morgan fingerprint density at radius 3 is 2.65 bits per heavy atom. The van der Waals surface area contributed by atoms with Crippen molar-refractivity contribution in [1.29, 1.82) is 0 Å². The van der Waals surface area contributed by atoms with Crippen molar-refractivity contribution in [3.05, 3.63) is 23.7 Å². The molecule has 1 aromatic rings. The maximum atomic E-state index is 5.87. The quantitative estimate of drug-likeness (QED) is 0.808. The Morgan fingerprint density at radius 1 is 1.35 bits per heavy atom. The Morgan fingerprint density at radius 2 is 2.06 bits per heavy atom. The lowest BCUT2D eigenvalue weighted by Gasteiger charge is -2.14. The Hall–Kier alpha value is -0.760. The standard InChI is InChI=1S/C15H25NO/c1-10(2)7-12(4)16-9-13-5-6-15(17-13)14-8-11(14)3/h5-6,10-12,14,16H,7-9H2,1-4H3. The van der Waals surface area contributed by atoms with E-state index in [9.17, 15) is 0 Å². The zero-order valence-electron chi connectivity index (χ0n) is 11.5. The maximum absolute atomic E-state index is 5.87. The minimum atomic E-state index is 0.559. The van der Waals surface area contributed by atoms with Crippen LogP contribution in [0.25, 0.3) is 0 Å². The molecule has 0 aromatic carbocycles. The van der Waals surface area contributed by atoms with Gasteiger partial charge in [-0.25, -0.2) is 0 Å². The molecule has 0 aliphatic heterocycles. The van der Waals surface area contributed by atoms with Crippen molar-refractivity contribution in [2.24, 2.45) is 11.8 Å². The second-order valence-electron chi connectivity index (χ2n) is 6.04. The molecular formula is C15H25NO. The van der Waals surface area contributed by atoms with Gasteiger partial charge in [0.25, 0.3) is 0 Å². The zero-order chi connectivity index (χ0) is 12.4. The first-order valence-electron chi connectivity index (χ1n) is 6.88.